The summed E-state index contributed by atoms with van der Waals surface area (Å²) in [5, 5.41) is 0. The second-order valence-corrected chi connectivity index (χ2v) is 6.35. The van der Waals surface area contributed by atoms with E-state index in [4.69, 9.17) is 4.74 Å². The average Bonchev–Trinajstić information content (AvgIpc) is 2.56. The van der Waals surface area contributed by atoms with E-state index < -0.39 is 12.0 Å². The smallest absolute Gasteiger partial charge is 0.279 e. The second kappa shape index (κ2) is 7.97. The molecule has 5 nitrogen and oxygen atoms in total. The fourth-order valence-corrected chi connectivity index (χ4v) is 2.88. The number of benzene rings is 2. The normalized spacial score (nSPS) is 11.5. The van der Waals surface area contributed by atoms with E-state index in [9.17, 15) is 9.59 Å². The minimum absolute atomic E-state index is 0.382. The molecule has 1 atom stereocenters. The summed E-state index contributed by atoms with van der Waals surface area (Å²) >= 11 is 3.42. The van der Waals surface area contributed by atoms with E-state index >= 15 is 0 Å². The molecule has 0 aliphatic carbocycles. The van der Waals surface area contributed by atoms with E-state index in [0.717, 1.165) is 15.6 Å². The molecule has 2 rings (SSSR count). The van der Waals surface area contributed by atoms with Gasteiger partial charge in [0.15, 0.2) is 6.10 Å². The molecule has 0 bridgehead atoms. The third-order valence-electron chi connectivity index (χ3n) is 3.42. The lowest BCUT2D eigenvalue weighted by Crippen LogP contribution is -2.47. The van der Waals surface area contributed by atoms with Crippen LogP contribution in [0.2, 0.25) is 0 Å². The third kappa shape index (κ3) is 4.58. The van der Waals surface area contributed by atoms with Gasteiger partial charge in [-0.2, -0.15) is 0 Å². The van der Waals surface area contributed by atoms with E-state index in [1.165, 1.54) is 0 Å². The molecule has 0 spiro atoms. The first-order valence-corrected chi connectivity index (χ1v) is 8.26. The zero-order valence-electron chi connectivity index (χ0n) is 13.7. The van der Waals surface area contributed by atoms with E-state index in [-0.39, 0.29) is 5.91 Å². The summed E-state index contributed by atoms with van der Waals surface area (Å²) in [7, 11) is 0. The van der Waals surface area contributed by atoms with Crippen molar-refractivity contribution >= 4 is 27.7 Å². The number of hydrazine groups is 1. The lowest BCUT2D eigenvalue weighted by Gasteiger charge is -2.18. The molecule has 2 aromatic rings. The number of nitrogens with one attached hydrogen (secondary N) is 2. The van der Waals surface area contributed by atoms with Gasteiger partial charge in [0.1, 0.15) is 5.75 Å². The Morgan fingerprint density at radius 2 is 1.62 bits per heavy atom. The number of hydrogen-bond donors (Lipinski definition) is 2. The summed E-state index contributed by atoms with van der Waals surface area (Å²) < 4.78 is 6.70. The summed E-state index contributed by atoms with van der Waals surface area (Å²) in [4.78, 5) is 24.0. The first-order valence-electron chi connectivity index (χ1n) is 7.47. The number of aryl methyl sites for hydroxylation is 2. The van der Waals surface area contributed by atoms with Gasteiger partial charge in [0.2, 0.25) is 0 Å². The lowest BCUT2D eigenvalue weighted by atomic mass is 10.1. The first kappa shape index (κ1) is 18.0. The van der Waals surface area contributed by atoms with Crippen LogP contribution < -0.4 is 15.6 Å². The summed E-state index contributed by atoms with van der Waals surface area (Å²) in [5.41, 5.74) is 7.07. The van der Waals surface area contributed by atoms with Crippen molar-refractivity contribution in [3.63, 3.8) is 0 Å². The van der Waals surface area contributed by atoms with Gasteiger partial charge in [0, 0.05) is 10.0 Å². The number of amides is 2. The maximum Gasteiger partial charge on any atom is 0.279 e. The largest absolute Gasteiger partial charge is 0.480 e. The molecular weight excluding hydrogens is 372 g/mol. The van der Waals surface area contributed by atoms with Crippen molar-refractivity contribution in [2.24, 2.45) is 0 Å². The van der Waals surface area contributed by atoms with Gasteiger partial charge in [0.05, 0.1) is 0 Å². The van der Waals surface area contributed by atoms with Crippen molar-refractivity contribution in [1.82, 2.24) is 10.9 Å². The molecule has 2 N–H and O–H groups in total. The Balaban J connectivity index is 1.94. The van der Waals surface area contributed by atoms with Gasteiger partial charge in [-0.25, -0.2) is 0 Å². The van der Waals surface area contributed by atoms with Crippen molar-refractivity contribution in [3.05, 3.63) is 63.6 Å². The molecule has 6 heteroatoms. The van der Waals surface area contributed by atoms with Gasteiger partial charge in [-0.05, 0) is 56.2 Å². The zero-order valence-corrected chi connectivity index (χ0v) is 15.3. The second-order valence-electron chi connectivity index (χ2n) is 5.44. The highest BCUT2D eigenvalue weighted by molar-refractivity contribution is 9.10. The number of ether oxygens (including phenoxy) is 1. The number of carbonyl (C=O) groups excluding carboxylic acids is 2. The van der Waals surface area contributed by atoms with Gasteiger partial charge in [0.25, 0.3) is 11.8 Å². The maximum atomic E-state index is 12.1. The van der Waals surface area contributed by atoms with Gasteiger partial charge >= 0.3 is 0 Å². The quantitative estimate of drug-likeness (QED) is 0.786. The van der Waals surface area contributed by atoms with E-state index in [1.807, 2.05) is 32.0 Å². The topological polar surface area (TPSA) is 67.4 Å². The van der Waals surface area contributed by atoms with Crippen LogP contribution in [0.3, 0.4) is 0 Å². The molecule has 2 aromatic carbocycles. The number of rotatable bonds is 4. The molecule has 0 saturated heterocycles. The van der Waals surface area contributed by atoms with Gasteiger partial charge in [-0.15, -0.1) is 0 Å². The summed E-state index contributed by atoms with van der Waals surface area (Å²) in [6.45, 7) is 5.45. The van der Waals surface area contributed by atoms with Crippen molar-refractivity contribution in [2.45, 2.75) is 26.9 Å². The van der Waals surface area contributed by atoms with E-state index in [0.29, 0.717) is 11.3 Å². The average molecular weight is 391 g/mol. The molecule has 126 valence electrons. The van der Waals surface area contributed by atoms with Crippen molar-refractivity contribution < 1.29 is 14.3 Å². The molecule has 2 amide bonds. The molecule has 0 aliphatic rings. The highest BCUT2D eigenvalue weighted by Gasteiger charge is 2.18. The number of hydrogen-bond acceptors (Lipinski definition) is 3. The summed E-state index contributed by atoms with van der Waals surface area (Å²) in [6, 6.07) is 12.5. The van der Waals surface area contributed by atoms with Crippen LogP contribution >= 0.6 is 15.9 Å². The lowest BCUT2D eigenvalue weighted by molar-refractivity contribution is -0.128. The Hall–Kier alpha value is -2.34. The number of carbonyl (C=O) groups is 2. The predicted molar refractivity (Wildman–Crippen MR) is 95.8 cm³/mol. The highest BCUT2D eigenvalue weighted by atomic mass is 79.9. The molecule has 0 aromatic heterocycles. The van der Waals surface area contributed by atoms with Crippen molar-refractivity contribution in [3.8, 4) is 5.75 Å². The molecule has 24 heavy (non-hydrogen) atoms. The molecular formula is C18H19BrN2O3. The Morgan fingerprint density at radius 1 is 1.04 bits per heavy atom. The van der Waals surface area contributed by atoms with Gasteiger partial charge in [-0.3, -0.25) is 20.4 Å². The van der Waals surface area contributed by atoms with Crippen molar-refractivity contribution in [1.29, 1.82) is 0 Å². The monoisotopic (exact) mass is 390 g/mol. The Labute approximate surface area is 149 Å². The van der Waals surface area contributed by atoms with Crippen LogP contribution in [-0.4, -0.2) is 17.9 Å². The Morgan fingerprint density at radius 3 is 2.21 bits per heavy atom. The van der Waals surface area contributed by atoms with Crippen molar-refractivity contribution in [2.75, 3.05) is 0 Å². The van der Waals surface area contributed by atoms with Crippen LogP contribution in [-0.2, 0) is 4.79 Å². The van der Waals surface area contributed by atoms with Crippen LogP contribution in [0.25, 0.3) is 0 Å². The highest BCUT2D eigenvalue weighted by Crippen LogP contribution is 2.28. The van der Waals surface area contributed by atoms with Crippen LogP contribution in [0.4, 0.5) is 0 Å². The van der Waals surface area contributed by atoms with Gasteiger partial charge in [-0.1, -0.05) is 34.1 Å². The summed E-state index contributed by atoms with van der Waals surface area (Å²) in [5.74, 6) is -0.150. The van der Waals surface area contributed by atoms with Crippen LogP contribution in [0.5, 0.6) is 5.75 Å². The van der Waals surface area contributed by atoms with E-state index in [2.05, 4.69) is 26.8 Å². The first-order chi connectivity index (χ1) is 11.4. The molecule has 1 unspecified atom stereocenters. The molecule has 0 aliphatic heterocycles. The standard InChI is InChI=1S/C18H19BrN2O3/c1-11-9-15(19)10-12(2)16(11)24-13(3)17(22)20-21-18(23)14-7-5-4-6-8-14/h4-10,13H,1-3H3,(H,20,22)(H,21,23). The predicted octanol–water partition coefficient (Wildman–Crippen LogP) is 3.29. The minimum Gasteiger partial charge on any atom is -0.480 e. The number of halogens is 1. The van der Waals surface area contributed by atoms with E-state index in [1.54, 1.807) is 31.2 Å². The van der Waals surface area contributed by atoms with Gasteiger partial charge < -0.3 is 4.74 Å². The fraction of sp³-hybridized carbons (Fsp3) is 0.222. The summed E-state index contributed by atoms with van der Waals surface area (Å²) in [6.07, 6.45) is -0.750. The molecule has 0 heterocycles. The molecule has 0 radical (unpaired) electrons. The zero-order chi connectivity index (χ0) is 17.7. The van der Waals surface area contributed by atoms with Crippen LogP contribution in [0.1, 0.15) is 28.4 Å². The Bertz CT molecular complexity index is 724. The SMILES string of the molecule is Cc1cc(Br)cc(C)c1OC(C)C(=O)NNC(=O)c1ccccc1. The third-order valence-corrected chi connectivity index (χ3v) is 3.88. The molecule has 0 saturated carbocycles. The minimum atomic E-state index is -0.750. The maximum absolute atomic E-state index is 12.1. The van der Waals surface area contributed by atoms with Crippen LogP contribution in [0.15, 0.2) is 46.9 Å². The fourth-order valence-electron chi connectivity index (χ4n) is 2.20. The van der Waals surface area contributed by atoms with Crippen LogP contribution in [0, 0.1) is 13.8 Å². The Kier molecular flexibility index (Phi) is 5.98. The molecule has 0 fully saturated rings.